The van der Waals surface area contributed by atoms with Crippen LogP contribution in [0.1, 0.15) is 32.6 Å². The van der Waals surface area contributed by atoms with Gasteiger partial charge in [0, 0.05) is 13.0 Å². The van der Waals surface area contributed by atoms with E-state index in [1.807, 2.05) is 31.2 Å². The van der Waals surface area contributed by atoms with Crippen LogP contribution >= 0.6 is 0 Å². The summed E-state index contributed by atoms with van der Waals surface area (Å²) in [5, 5.41) is 2.06. The van der Waals surface area contributed by atoms with Gasteiger partial charge >= 0.3 is 0 Å². The van der Waals surface area contributed by atoms with Gasteiger partial charge in [0.15, 0.2) is 0 Å². The number of nitrogens with zero attached hydrogens (tertiary/aromatic N) is 2. The molecule has 0 aromatic heterocycles. The molecule has 2 rings (SSSR count). The van der Waals surface area contributed by atoms with E-state index in [1.165, 1.54) is 0 Å². The zero-order valence-corrected chi connectivity index (χ0v) is 13.0. The third-order valence-electron chi connectivity index (χ3n) is 4.21. The van der Waals surface area contributed by atoms with Crippen LogP contribution in [0, 0.1) is 0 Å². The van der Waals surface area contributed by atoms with E-state index in [0.29, 0.717) is 25.8 Å². The number of benzene rings is 1. The summed E-state index contributed by atoms with van der Waals surface area (Å²) in [7, 11) is 0. The third kappa shape index (κ3) is 3.50. The third-order valence-corrected chi connectivity index (χ3v) is 4.21. The Bertz CT molecular complexity index is 693. The summed E-state index contributed by atoms with van der Waals surface area (Å²) >= 11 is 0. The van der Waals surface area contributed by atoms with E-state index >= 15 is 0 Å². The summed E-state index contributed by atoms with van der Waals surface area (Å²) in [5.74, 6) is -0.282. The van der Waals surface area contributed by atoms with Crippen molar-refractivity contribution in [3.05, 3.63) is 34.7 Å². The van der Waals surface area contributed by atoms with Crippen molar-refractivity contribution in [1.82, 2.24) is 4.90 Å². The van der Waals surface area contributed by atoms with Crippen LogP contribution in [-0.4, -0.2) is 36.0 Å². The number of carbonyl (C=O) groups excluding carboxylic acids is 2. The summed E-state index contributed by atoms with van der Waals surface area (Å²) in [6.45, 7) is 9.94. The Morgan fingerprint density at radius 1 is 1.32 bits per heavy atom. The molecule has 1 atom stereocenters. The average Bonchev–Trinajstić information content (AvgIpc) is 3.01. The highest BCUT2D eigenvalue weighted by molar-refractivity contribution is 5.90. The summed E-state index contributed by atoms with van der Waals surface area (Å²) < 4.78 is 0. The molecule has 1 aromatic rings. The normalized spacial score (nSPS) is 19.0. The standard InChI is InChI=1S/C18H22N2O2/c1-13-7-4-5-8-15(13)14(2)10-11-17(21)20-12-6-9-16(20)18(22)19-3/h4-5,7-8,16H,1,3,6,9-12H2,2H3/b15-14+/t16-/m0/s1. The molecule has 1 saturated heterocycles. The molecule has 1 fully saturated rings. The number of amides is 2. The Morgan fingerprint density at radius 2 is 2.05 bits per heavy atom. The number of carbonyl (C=O) groups is 2. The molecular weight excluding hydrogens is 276 g/mol. The Hall–Kier alpha value is -2.23. The predicted molar refractivity (Wildman–Crippen MR) is 88.8 cm³/mol. The minimum absolute atomic E-state index is 0.0143. The first kappa shape index (κ1) is 16.1. The highest BCUT2D eigenvalue weighted by Gasteiger charge is 2.33. The number of rotatable bonds is 4. The van der Waals surface area contributed by atoms with Crippen LogP contribution in [0.4, 0.5) is 0 Å². The summed E-state index contributed by atoms with van der Waals surface area (Å²) in [5.41, 5.74) is 1.14. The molecule has 0 radical (unpaired) electrons. The van der Waals surface area contributed by atoms with E-state index in [2.05, 4.69) is 18.3 Å². The van der Waals surface area contributed by atoms with Crippen molar-refractivity contribution in [2.45, 2.75) is 38.6 Å². The first-order valence-corrected chi connectivity index (χ1v) is 7.58. The van der Waals surface area contributed by atoms with Crippen molar-refractivity contribution in [2.75, 3.05) is 6.54 Å². The van der Waals surface area contributed by atoms with Crippen molar-refractivity contribution in [2.24, 2.45) is 4.99 Å². The van der Waals surface area contributed by atoms with Gasteiger partial charge in [0.25, 0.3) is 5.91 Å². The van der Waals surface area contributed by atoms with E-state index in [0.717, 1.165) is 22.4 Å². The van der Waals surface area contributed by atoms with E-state index in [1.54, 1.807) is 4.90 Å². The number of aliphatic imine (C=N–C) groups is 1. The molecule has 22 heavy (non-hydrogen) atoms. The second-order valence-electron chi connectivity index (χ2n) is 5.68. The molecule has 4 heteroatoms. The second-order valence-corrected chi connectivity index (χ2v) is 5.68. The SMILES string of the molecule is C=NC(=O)[C@@H]1CCCN1C(=O)CC/C(C)=c1\ccccc1=C. The highest BCUT2D eigenvalue weighted by atomic mass is 16.2. The van der Waals surface area contributed by atoms with Crippen molar-refractivity contribution >= 4 is 30.7 Å². The average molecular weight is 298 g/mol. The van der Waals surface area contributed by atoms with Crippen LogP contribution in [0.15, 0.2) is 29.3 Å². The maximum atomic E-state index is 12.4. The molecule has 116 valence electrons. The smallest absolute Gasteiger partial charge is 0.267 e. The lowest BCUT2D eigenvalue weighted by molar-refractivity contribution is -0.137. The van der Waals surface area contributed by atoms with E-state index in [9.17, 15) is 9.59 Å². The largest absolute Gasteiger partial charge is 0.331 e. The number of hydrogen-bond acceptors (Lipinski definition) is 2. The van der Waals surface area contributed by atoms with Crippen molar-refractivity contribution < 1.29 is 9.59 Å². The lowest BCUT2D eigenvalue weighted by Gasteiger charge is -2.22. The van der Waals surface area contributed by atoms with Crippen molar-refractivity contribution in [3.8, 4) is 0 Å². The number of hydrogen-bond donors (Lipinski definition) is 0. The van der Waals surface area contributed by atoms with Gasteiger partial charge < -0.3 is 4.90 Å². The van der Waals surface area contributed by atoms with Crippen LogP contribution in [0.5, 0.6) is 0 Å². The van der Waals surface area contributed by atoms with Gasteiger partial charge in [-0.1, -0.05) is 36.4 Å². The van der Waals surface area contributed by atoms with Crippen LogP contribution in [-0.2, 0) is 9.59 Å². The molecular formula is C18H22N2O2. The van der Waals surface area contributed by atoms with Crippen LogP contribution in [0.2, 0.25) is 0 Å². The van der Waals surface area contributed by atoms with E-state index in [4.69, 9.17) is 0 Å². The molecule has 0 N–H and O–H groups in total. The maximum Gasteiger partial charge on any atom is 0.267 e. The van der Waals surface area contributed by atoms with E-state index < -0.39 is 6.04 Å². The first-order chi connectivity index (χ1) is 10.5. The molecule has 4 nitrogen and oxygen atoms in total. The van der Waals surface area contributed by atoms with Crippen molar-refractivity contribution in [3.63, 3.8) is 0 Å². The summed E-state index contributed by atoms with van der Waals surface area (Å²) in [6, 6.07) is 7.50. The first-order valence-electron chi connectivity index (χ1n) is 7.58. The van der Waals surface area contributed by atoms with Gasteiger partial charge in [-0.15, -0.1) is 0 Å². The second kappa shape index (κ2) is 7.16. The molecule has 0 saturated carbocycles. The molecule has 2 amide bonds. The predicted octanol–water partition coefficient (Wildman–Crippen LogP) is 1.27. The molecule has 0 spiro atoms. The quantitative estimate of drug-likeness (QED) is 0.786. The van der Waals surface area contributed by atoms with Gasteiger partial charge in [-0.05, 0) is 43.3 Å². The monoisotopic (exact) mass is 298 g/mol. The Morgan fingerprint density at radius 3 is 2.73 bits per heavy atom. The van der Waals surface area contributed by atoms with Gasteiger partial charge in [0.1, 0.15) is 6.04 Å². The zero-order chi connectivity index (χ0) is 16.1. The van der Waals surface area contributed by atoms with E-state index in [-0.39, 0.29) is 11.8 Å². The zero-order valence-electron chi connectivity index (χ0n) is 13.0. The summed E-state index contributed by atoms with van der Waals surface area (Å²) in [4.78, 5) is 29.2. The molecule has 1 aliphatic heterocycles. The van der Waals surface area contributed by atoms with Crippen LogP contribution in [0.3, 0.4) is 0 Å². The molecule has 0 bridgehead atoms. The summed E-state index contributed by atoms with van der Waals surface area (Å²) in [6.07, 6.45) is 2.61. The van der Waals surface area contributed by atoms with Crippen LogP contribution in [0.25, 0.3) is 12.2 Å². The molecule has 1 aliphatic rings. The fraction of sp³-hybridized carbons (Fsp3) is 0.389. The van der Waals surface area contributed by atoms with Gasteiger partial charge in [-0.3, -0.25) is 9.59 Å². The molecule has 1 aromatic carbocycles. The number of likely N-dealkylation sites (tertiary alicyclic amines) is 1. The van der Waals surface area contributed by atoms with Crippen molar-refractivity contribution in [1.29, 1.82) is 0 Å². The minimum atomic E-state index is -0.412. The molecule has 1 heterocycles. The minimum Gasteiger partial charge on any atom is -0.331 e. The molecule has 0 aliphatic carbocycles. The van der Waals surface area contributed by atoms with Gasteiger partial charge in [-0.25, -0.2) is 4.99 Å². The van der Waals surface area contributed by atoms with Gasteiger partial charge in [0.05, 0.1) is 0 Å². The van der Waals surface area contributed by atoms with Gasteiger partial charge in [-0.2, -0.15) is 0 Å². The van der Waals surface area contributed by atoms with Gasteiger partial charge in [0.2, 0.25) is 5.91 Å². The molecule has 0 unspecified atom stereocenters. The lowest BCUT2D eigenvalue weighted by Crippen LogP contribution is -2.39. The fourth-order valence-corrected chi connectivity index (χ4v) is 2.94. The highest BCUT2D eigenvalue weighted by Crippen LogP contribution is 2.20. The Balaban J connectivity index is 2.06. The van der Waals surface area contributed by atoms with Crippen LogP contribution < -0.4 is 10.4 Å². The Labute approximate surface area is 130 Å². The fourth-order valence-electron chi connectivity index (χ4n) is 2.94. The maximum absolute atomic E-state index is 12.4. The lowest BCUT2D eigenvalue weighted by atomic mass is 10.1. The Kier molecular flexibility index (Phi) is 5.26. The topological polar surface area (TPSA) is 49.7 Å².